The van der Waals surface area contributed by atoms with Crippen LogP contribution in [0.1, 0.15) is 38.3 Å². The number of Topliss-reactive ketones (excluding diaryl/α,β-unsaturated/α-hetero) is 1. The monoisotopic (exact) mass is 481 g/mol. The fraction of sp³-hybridized carbons (Fsp3) is 0.320. The van der Waals surface area contributed by atoms with Crippen LogP contribution in [0.5, 0.6) is 0 Å². The molecule has 4 rings (SSSR count). The van der Waals surface area contributed by atoms with E-state index < -0.39 is 17.7 Å². The van der Waals surface area contributed by atoms with Crippen molar-refractivity contribution in [2.24, 2.45) is 0 Å². The first-order valence-corrected chi connectivity index (χ1v) is 12.5. The number of thiazole rings is 1. The van der Waals surface area contributed by atoms with Gasteiger partial charge in [0.25, 0.3) is 5.91 Å². The molecule has 0 saturated carbocycles. The third-order valence-corrected chi connectivity index (χ3v) is 8.00. The maximum Gasteiger partial charge on any atom is 0.290 e. The second kappa shape index (κ2) is 9.59. The maximum absolute atomic E-state index is 13.8. The van der Waals surface area contributed by atoms with E-state index in [1.165, 1.54) is 22.7 Å². The van der Waals surface area contributed by atoms with Crippen molar-refractivity contribution in [3.8, 4) is 10.6 Å². The SMILES string of the molecule is Cc1ccsc1C1C(C(=O)c2sc(-c3ccccc3)nc2C)=C(O)C(=O)N1CCCN(C)C. The van der Waals surface area contributed by atoms with E-state index in [-0.39, 0.29) is 11.4 Å². The summed E-state index contributed by atoms with van der Waals surface area (Å²) in [5.74, 6) is -1.26. The zero-order valence-electron chi connectivity index (χ0n) is 19.2. The number of rotatable bonds is 8. The van der Waals surface area contributed by atoms with Crippen molar-refractivity contribution in [2.75, 3.05) is 27.2 Å². The summed E-state index contributed by atoms with van der Waals surface area (Å²) in [4.78, 5) is 36.5. The van der Waals surface area contributed by atoms with E-state index in [9.17, 15) is 14.7 Å². The molecule has 1 amide bonds. The Morgan fingerprint density at radius 2 is 1.91 bits per heavy atom. The molecule has 1 aromatic carbocycles. The molecule has 0 bridgehead atoms. The Kier molecular flexibility index (Phi) is 6.78. The van der Waals surface area contributed by atoms with E-state index in [2.05, 4.69) is 9.88 Å². The molecule has 0 fully saturated rings. The predicted molar refractivity (Wildman–Crippen MR) is 133 cm³/mol. The van der Waals surface area contributed by atoms with Gasteiger partial charge in [-0.2, -0.15) is 0 Å². The van der Waals surface area contributed by atoms with Crippen LogP contribution in [0.15, 0.2) is 53.1 Å². The number of aromatic nitrogens is 1. The highest BCUT2D eigenvalue weighted by Crippen LogP contribution is 2.43. The van der Waals surface area contributed by atoms with Crippen LogP contribution >= 0.6 is 22.7 Å². The molecule has 8 heteroatoms. The molecule has 6 nitrogen and oxygen atoms in total. The molecule has 33 heavy (non-hydrogen) atoms. The number of hydrogen-bond donors (Lipinski definition) is 1. The van der Waals surface area contributed by atoms with Crippen LogP contribution in [0.4, 0.5) is 0 Å². The van der Waals surface area contributed by atoms with Crippen molar-refractivity contribution in [2.45, 2.75) is 26.3 Å². The number of hydrogen-bond acceptors (Lipinski definition) is 7. The summed E-state index contributed by atoms with van der Waals surface area (Å²) >= 11 is 2.80. The lowest BCUT2D eigenvalue weighted by molar-refractivity contribution is -0.129. The first kappa shape index (κ1) is 23.4. The first-order valence-electron chi connectivity index (χ1n) is 10.8. The number of ketones is 1. The van der Waals surface area contributed by atoms with Gasteiger partial charge in [0.1, 0.15) is 5.01 Å². The lowest BCUT2D eigenvalue weighted by Crippen LogP contribution is -2.33. The van der Waals surface area contributed by atoms with Crippen LogP contribution in [-0.4, -0.2) is 58.8 Å². The van der Waals surface area contributed by atoms with Crippen LogP contribution in [0, 0.1) is 13.8 Å². The zero-order chi connectivity index (χ0) is 23.7. The molecule has 0 spiro atoms. The van der Waals surface area contributed by atoms with Gasteiger partial charge in [0.15, 0.2) is 5.76 Å². The zero-order valence-corrected chi connectivity index (χ0v) is 20.8. The number of aliphatic hydroxyl groups is 1. The Balaban J connectivity index is 1.73. The minimum Gasteiger partial charge on any atom is -0.503 e. The molecule has 1 N–H and O–H groups in total. The molecule has 1 aliphatic rings. The number of benzene rings is 1. The van der Waals surface area contributed by atoms with E-state index in [0.29, 0.717) is 17.1 Å². The molecule has 1 unspecified atom stereocenters. The number of carbonyl (C=O) groups is 2. The van der Waals surface area contributed by atoms with E-state index in [4.69, 9.17) is 0 Å². The van der Waals surface area contributed by atoms with Crippen LogP contribution in [-0.2, 0) is 4.79 Å². The number of nitrogens with zero attached hydrogens (tertiary/aromatic N) is 3. The van der Waals surface area contributed by atoms with Crippen molar-refractivity contribution in [3.05, 3.63) is 74.1 Å². The van der Waals surface area contributed by atoms with Gasteiger partial charge in [0.05, 0.1) is 22.2 Å². The number of amides is 1. The molecule has 3 aromatic rings. The summed E-state index contributed by atoms with van der Waals surface area (Å²) in [6, 6.07) is 11.1. The highest BCUT2D eigenvalue weighted by molar-refractivity contribution is 7.17. The second-order valence-electron chi connectivity index (χ2n) is 8.42. The van der Waals surface area contributed by atoms with E-state index in [1.807, 2.05) is 62.8 Å². The van der Waals surface area contributed by atoms with Crippen LogP contribution in [0.2, 0.25) is 0 Å². The number of aliphatic hydroxyl groups excluding tert-OH is 1. The lowest BCUT2D eigenvalue weighted by Gasteiger charge is -2.27. The van der Waals surface area contributed by atoms with Crippen LogP contribution in [0.25, 0.3) is 10.6 Å². The van der Waals surface area contributed by atoms with Crippen molar-refractivity contribution in [1.29, 1.82) is 0 Å². The molecule has 0 aliphatic carbocycles. The topological polar surface area (TPSA) is 73.7 Å². The Bertz CT molecular complexity index is 1210. The second-order valence-corrected chi connectivity index (χ2v) is 10.4. The van der Waals surface area contributed by atoms with Gasteiger partial charge in [-0.1, -0.05) is 30.3 Å². The summed E-state index contributed by atoms with van der Waals surface area (Å²) in [6.07, 6.45) is 0.742. The van der Waals surface area contributed by atoms with Crippen molar-refractivity contribution >= 4 is 34.4 Å². The number of thiophene rings is 1. The lowest BCUT2D eigenvalue weighted by atomic mass is 9.98. The smallest absolute Gasteiger partial charge is 0.290 e. The van der Waals surface area contributed by atoms with E-state index in [1.54, 1.807) is 11.8 Å². The number of aryl methyl sites for hydroxylation is 2. The van der Waals surface area contributed by atoms with Gasteiger partial charge < -0.3 is 14.9 Å². The molecule has 3 heterocycles. The van der Waals surface area contributed by atoms with Gasteiger partial charge in [-0.05, 0) is 57.9 Å². The normalized spacial score (nSPS) is 16.3. The highest BCUT2D eigenvalue weighted by Gasteiger charge is 2.45. The quantitative estimate of drug-likeness (QED) is 0.458. The Labute approximate surface area is 201 Å². The molecular weight excluding hydrogens is 454 g/mol. The van der Waals surface area contributed by atoms with Gasteiger partial charge in [0.2, 0.25) is 5.78 Å². The number of carbonyl (C=O) groups excluding carboxylic acids is 2. The summed E-state index contributed by atoms with van der Waals surface area (Å²) in [7, 11) is 3.96. The average molecular weight is 482 g/mol. The minimum absolute atomic E-state index is 0.154. The van der Waals surface area contributed by atoms with E-state index in [0.717, 1.165) is 34.0 Å². The third kappa shape index (κ3) is 4.51. The van der Waals surface area contributed by atoms with Crippen molar-refractivity contribution in [1.82, 2.24) is 14.8 Å². The summed E-state index contributed by atoms with van der Waals surface area (Å²) in [6.45, 7) is 5.02. The Hall–Kier alpha value is -2.81. The molecular formula is C25H27N3O3S2. The maximum atomic E-state index is 13.8. The van der Waals surface area contributed by atoms with E-state index >= 15 is 0 Å². The van der Waals surface area contributed by atoms with Crippen LogP contribution < -0.4 is 0 Å². The summed E-state index contributed by atoms with van der Waals surface area (Å²) in [5.41, 5.74) is 2.69. The third-order valence-electron chi connectivity index (χ3n) is 5.73. The molecule has 2 aromatic heterocycles. The fourth-order valence-electron chi connectivity index (χ4n) is 4.04. The first-order chi connectivity index (χ1) is 15.8. The molecule has 0 radical (unpaired) electrons. The van der Waals surface area contributed by atoms with Crippen molar-refractivity contribution < 1.29 is 14.7 Å². The van der Waals surface area contributed by atoms with Crippen LogP contribution in [0.3, 0.4) is 0 Å². The molecule has 172 valence electrons. The van der Waals surface area contributed by atoms with Gasteiger partial charge in [-0.3, -0.25) is 9.59 Å². The summed E-state index contributed by atoms with van der Waals surface area (Å²) < 4.78 is 0. The predicted octanol–water partition coefficient (Wildman–Crippen LogP) is 5.02. The van der Waals surface area contributed by atoms with Gasteiger partial charge in [-0.25, -0.2) is 4.98 Å². The summed E-state index contributed by atoms with van der Waals surface area (Å²) in [5, 5.41) is 13.6. The Morgan fingerprint density at radius 3 is 2.55 bits per heavy atom. The molecule has 1 atom stereocenters. The fourth-order valence-corrected chi connectivity index (χ4v) is 6.12. The largest absolute Gasteiger partial charge is 0.503 e. The highest BCUT2D eigenvalue weighted by atomic mass is 32.1. The van der Waals surface area contributed by atoms with Gasteiger partial charge in [0, 0.05) is 17.0 Å². The molecule has 0 saturated heterocycles. The standard InChI is InChI=1S/C25H27N3O3S2/c1-15-11-14-32-22(15)19-18(21(30)25(31)28(19)13-8-12-27(3)4)20(29)23-16(2)26-24(33-23)17-9-6-5-7-10-17/h5-7,9-11,14,19,30H,8,12-13H2,1-4H3. The Morgan fingerprint density at radius 1 is 1.18 bits per heavy atom. The van der Waals surface area contributed by atoms with Gasteiger partial charge in [-0.15, -0.1) is 22.7 Å². The van der Waals surface area contributed by atoms with Crippen molar-refractivity contribution in [3.63, 3.8) is 0 Å². The average Bonchev–Trinajstić information content (AvgIpc) is 3.45. The minimum atomic E-state index is -0.589. The van der Waals surface area contributed by atoms with Gasteiger partial charge >= 0.3 is 0 Å². The molecule has 1 aliphatic heterocycles.